The molecule has 0 saturated heterocycles. The molecule has 0 spiro atoms. The Balaban J connectivity index is 3.62. The molecular formula is C8H17N3. The molecule has 1 unspecified atom stereocenters. The van der Waals surface area contributed by atoms with E-state index in [0.717, 1.165) is 13.1 Å². The van der Waals surface area contributed by atoms with Crippen molar-refractivity contribution in [2.75, 3.05) is 27.2 Å². The highest BCUT2D eigenvalue weighted by molar-refractivity contribution is 4.81. The van der Waals surface area contributed by atoms with Gasteiger partial charge in [0.1, 0.15) is 0 Å². The number of hydrogen-bond donors (Lipinski definition) is 1. The molecule has 0 bridgehead atoms. The highest BCUT2D eigenvalue weighted by atomic mass is 15.1. The fourth-order valence-corrected chi connectivity index (χ4v) is 0.854. The van der Waals surface area contributed by atoms with Crippen molar-refractivity contribution in [1.29, 1.82) is 5.26 Å². The van der Waals surface area contributed by atoms with E-state index < -0.39 is 0 Å². The maximum Gasteiger partial charge on any atom is 0.0638 e. The first-order chi connectivity index (χ1) is 5.22. The number of nitriles is 1. The minimum absolute atomic E-state index is 0.347. The summed E-state index contributed by atoms with van der Waals surface area (Å²) < 4.78 is 0. The number of rotatable bonds is 5. The molecule has 1 atom stereocenters. The largest absolute Gasteiger partial charge is 0.315 e. The molecule has 0 rings (SSSR count). The molecule has 0 fully saturated rings. The van der Waals surface area contributed by atoms with E-state index in [1.165, 1.54) is 0 Å². The van der Waals surface area contributed by atoms with Crippen LogP contribution in [0.4, 0.5) is 0 Å². The van der Waals surface area contributed by atoms with E-state index in [1.807, 2.05) is 14.1 Å². The third kappa shape index (κ3) is 4.77. The third-order valence-corrected chi connectivity index (χ3v) is 1.69. The lowest BCUT2D eigenvalue weighted by Crippen LogP contribution is -2.37. The van der Waals surface area contributed by atoms with Crippen LogP contribution in [0, 0.1) is 11.3 Å². The van der Waals surface area contributed by atoms with Crippen molar-refractivity contribution >= 4 is 0 Å². The van der Waals surface area contributed by atoms with Gasteiger partial charge in [0, 0.05) is 12.6 Å². The van der Waals surface area contributed by atoms with Crippen LogP contribution in [0.2, 0.25) is 0 Å². The molecule has 0 heterocycles. The van der Waals surface area contributed by atoms with E-state index in [4.69, 9.17) is 5.26 Å². The predicted molar refractivity (Wildman–Crippen MR) is 46.2 cm³/mol. The molecule has 0 aromatic carbocycles. The Kier molecular flexibility index (Phi) is 5.81. The lowest BCUT2D eigenvalue weighted by molar-refractivity contribution is 0.288. The van der Waals surface area contributed by atoms with E-state index in [-0.39, 0.29) is 0 Å². The normalized spacial score (nSPS) is 13.0. The minimum Gasteiger partial charge on any atom is -0.315 e. The fourth-order valence-electron chi connectivity index (χ4n) is 0.854. The molecule has 11 heavy (non-hydrogen) atoms. The van der Waals surface area contributed by atoms with Crippen LogP contribution in [-0.2, 0) is 0 Å². The zero-order valence-corrected chi connectivity index (χ0v) is 7.59. The van der Waals surface area contributed by atoms with Gasteiger partial charge in [0.25, 0.3) is 0 Å². The molecule has 0 amide bonds. The number of nitrogens with one attached hydrogen (secondary N) is 1. The second-order valence-corrected chi connectivity index (χ2v) is 2.79. The highest BCUT2D eigenvalue weighted by Crippen LogP contribution is 1.95. The Morgan fingerprint density at radius 2 is 2.18 bits per heavy atom. The lowest BCUT2D eigenvalue weighted by Gasteiger charge is -2.21. The average molecular weight is 155 g/mol. The molecule has 0 aliphatic rings. The predicted octanol–water partition coefficient (Wildman–Crippen LogP) is 0.440. The van der Waals surface area contributed by atoms with Crippen molar-refractivity contribution in [2.24, 2.45) is 0 Å². The van der Waals surface area contributed by atoms with E-state index in [1.54, 1.807) is 0 Å². The van der Waals surface area contributed by atoms with Gasteiger partial charge in [0.05, 0.1) is 12.5 Å². The van der Waals surface area contributed by atoms with E-state index >= 15 is 0 Å². The van der Waals surface area contributed by atoms with Crippen molar-refractivity contribution in [3.8, 4) is 6.07 Å². The zero-order chi connectivity index (χ0) is 8.69. The van der Waals surface area contributed by atoms with Gasteiger partial charge in [-0.2, -0.15) is 5.26 Å². The number of hydrogen-bond acceptors (Lipinski definition) is 3. The molecule has 64 valence electrons. The quantitative estimate of drug-likeness (QED) is 0.626. The standard InChI is InChI=1S/C8H17N3/c1-4-10-7-8(5-6-9)11(2)3/h8,10H,4-5,7H2,1-3H3. The zero-order valence-electron chi connectivity index (χ0n) is 7.59. The van der Waals surface area contributed by atoms with Gasteiger partial charge < -0.3 is 10.2 Å². The van der Waals surface area contributed by atoms with E-state index in [0.29, 0.717) is 12.5 Å². The van der Waals surface area contributed by atoms with Crippen molar-refractivity contribution in [1.82, 2.24) is 10.2 Å². The van der Waals surface area contributed by atoms with Gasteiger partial charge in [-0.3, -0.25) is 0 Å². The summed E-state index contributed by atoms with van der Waals surface area (Å²) in [6.45, 7) is 3.94. The number of nitrogens with zero attached hydrogens (tertiary/aromatic N) is 2. The van der Waals surface area contributed by atoms with Gasteiger partial charge in [-0.15, -0.1) is 0 Å². The SMILES string of the molecule is CCNCC(CC#N)N(C)C. The van der Waals surface area contributed by atoms with Crippen LogP contribution in [0.15, 0.2) is 0 Å². The summed E-state index contributed by atoms with van der Waals surface area (Å²) in [5, 5.41) is 11.7. The van der Waals surface area contributed by atoms with Crippen LogP contribution in [0.5, 0.6) is 0 Å². The van der Waals surface area contributed by atoms with Crippen LogP contribution in [0.1, 0.15) is 13.3 Å². The van der Waals surface area contributed by atoms with Gasteiger partial charge in [0.2, 0.25) is 0 Å². The molecule has 0 aliphatic carbocycles. The van der Waals surface area contributed by atoms with Crippen molar-refractivity contribution in [2.45, 2.75) is 19.4 Å². The van der Waals surface area contributed by atoms with Gasteiger partial charge in [-0.1, -0.05) is 6.92 Å². The Hall–Kier alpha value is -0.590. The van der Waals surface area contributed by atoms with E-state index in [2.05, 4.69) is 23.2 Å². The summed E-state index contributed by atoms with van der Waals surface area (Å²) in [4.78, 5) is 2.08. The maximum absolute atomic E-state index is 8.48. The van der Waals surface area contributed by atoms with Crippen LogP contribution >= 0.6 is 0 Å². The molecule has 3 nitrogen and oxygen atoms in total. The van der Waals surface area contributed by atoms with E-state index in [9.17, 15) is 0 Å². The first-order valence-corrected chi connectivity index (χ1v) is 3.96. The lowest BCUT2D eigenvalue weighted by atomic mass is 10.2. The first-order valence-electron chi connectivity index (χ1n) is 3.96. The average Bonchev–Trinajstić information content (AvgIpc) is 1.97. The first kappa shape index (κ1) is 10.4. The molecule has 1 N–H and O–H groups in total. The van der Waals surface area contributed by atoms with Crippen LogP contribution in [0.3, 0.4) is 0 Å². The summed E-state index contributed by atoms with van der Waals surface area (Å²) >= 11 is 0. The Bertz CT molecular complexity index is 126. The van der Waals surface area contributed by atoms with Crippen molar-refractivity contribution < 1.29 is 0 Å². The molecule has 3 heteroatoms. The summed E-state index contributed by atoms with van der Waals surface area (Å²) in [5.74, 6) is 0. The Labute approximate surface area is 69.0 Å². The Morgan fingerprint density at radius 3 is 2.55 bits per heavy atom. The van der Waals surface area contributed by atoms with Crippen LogP contribution in [0.25, 0.3) is 0 Å². The molecular weight excluding hydrogens is 138 g/mol. The van der Waals surface area contributed by atoms with Gasteiger partial charge >= 0.3 is 0 Å². The second-order valence-electron chi connectivity index (χ2n) is 2.79. The summed E-state index contributed by atoms with van der Waals surface area (Å²) in [6.07, 6.45) is 0.597. The van der Waals surface area contributed by atoms with Crippen molar-refractivity contribution in [3.05, 3.63) is 0 Å². The molecule has 0 radical (unpaired) electrons. The fraction of sp³-hybridized carbons (Fsp3) is 0.875. The summed E-state index contributed by atoms with van der Waals surface area (Å²) in [5.41, 5.74) is 0. The second kappa shape index (κ2) is 6.14. The smallest absolute Gasteiger partial charge is 0.0638 e. The van der Waals surface area contributed by atoms with Crippen LogP contribution < -0.4 is 5.32 Å². The monoisotopic (exact) mass is 155 g/mol. The maximum atomic E-state index is 8.48. The highest BCUT2D eigenvalue weighted by Gasteiger charge is 2.08. The topological polar surface area (TPSA) is 39.1 Å². The summed E-state index contributed by atoms with van der Waals surface area (Å²) in [7, 11) is 4.00. The number of likely N-dealkylation sites (N-methyl/N-ethyl adjacent to an activating group) is 2. The molecule has 0 aromatic rings. The third-order valence-electron chi connectivity index (χ3n) is 1.69. The minimum atomic E-state index is 0.347. The van der Waals surface area contributed by atoms with Gasteiger partial charge in [-0.05, 0) is 20.6 Å². The molecule has 0 aromatic heterocycles. The van der Waals surface area contributed by atoms with Gasteiger partial charge in [0.15, 0.2) is 0 Å². The van der Waals surface area contributed by atoms with Gasteiger partial charge in [-0.25, -0.2) is 0 Å². The molecule has 0 aliphatic heterocycles. The summed E-state index contributed by atoms with van der Waals surface area (Å²) in [6, 6.07) is 2.52. The Morgan fingerprint density at radius 1 is 1.55 bits per heavy atom. The van der Waals surface area contributed by atoms with Crippen molar-refractivity contribution in [3.63, 3.8) is 0 Å². The van der Waals surface area contributed by atoms with Crippen LogP contribution in [-0.4, -0.2) is 38.1 Å². The molecule has 0 saturated carbocycles.